The zero-order valence-corrected chi connectivity index (χ0v) is 47.0. The first-order valence-electron chi connectivity index (χ1n) is 25.6. The Morgan fingerprint density at radius 2 is 1.18 bits per heavy atom. The molecule has 0 radical (unpaired) electrons. The second-order valence-corrected chi connectivity index (χ2v) is 24.7. The van der Waals surface area contributed by atoms with E-state index in [4.69, 9.17) is 9.72 Å². The zero-order chi connectivity index (χ0) is 50.6. The smallest absolute Gasteiger partial charge is 0.242 e. The first-order chi connectivity index (χ1) is 34.0. The fourth-order valence-corrected chi connectivity index (χ4v) is 12.0. The molecule has 2 aliphatic rings. The molecule has 10 aromatic rings. The van der Waals surface area contributed by atoms with Crippen molar-refractivity contribution in [2.45, 2.75) is 117 Å². The molecule has 0 unspecified atom stereocenters. The number of hydrogen-bond acceptors (Lipinski definition) is 2. The molecule has 1 spiro atoms. The van der Waals surface area contributed by atoms with Crippen LogP contribution in [0.15, 0.2) is 134 Å². The number of benzene rings is 7. The van der Waals surface area contributed by atoms with Crippen molar-refractivity contribution in [2.24, 2.45) is 7.05 Å². The Morgan fingerprint density at radius 1 is 0.575 bits per heavy atom. The molecule has 73 heavy (non-hydrogen) atoms. The number of nitrogens with zero attached hydrogens (tertiary/aromatic N) is 4. The molecule has 0 fully saturated rings. The Bertz CT molecular complexity index is 3820. The van der Waals surface area contributed by atoms with Crippen LogP contribution in [0.25, 0.3) is 66.6 Å². The van der Waals surface area contributed by atoms with Crippen molar-refractivity contribution >= 4 is 32.8 Å². The number of fused-ring (bicyclic) bond motifs is 12. The van der Waals surface area contributed by atoms with Crippen LogP contribution in [0.5, 0.6) is 11.5 Å². The van der Waals surface area contributed by atoms with Crippen LogP contribution in [0.1, 0.15) is 133 Å². The van der Waals surface area contributed by atoms with E-state index in [1.165, 1.54) is 55.6 Å². The van der Waals surface area contributed by atoms with Gasteiger partial charge in [0.2, 0.25) is 6.33 Å². The van der Waals surface area contributed by atoms with Crippen molar-refractivity contribution in [3.63, 3.8) is 0 Å². The summed E-state index contributed by atoms with van der Waals surface area (Å²) in [5.74, 6) is 2.04. The summed E-state index contributed by atoms with van der Waals surface area (Å²) in [6.45, 7) is 30.6. The standard InChI is InChI=1S/C67H64N4O.Pt/c1-40-31-59(68-38-50(40)41-21-16-15-17-22-41)71-55-25-19-18-23-46(55)47-29-27-44(36-57(47)71)72-45-28-30-51-58(37-45)70-39-69(14)56-26-20-24-52(62(56)70)67(51)60-48(32-42(63(2,3)4)34-53(60)65(8,9)10)49-33-43(64(5,6)7)35-54(61(49)67)66(11,12)13;/h15-35,38H,1-14H3;/q-2;. The van der Waals surface area contributed by atoms with Crippen LogP contribution in [0.4, 0.5) is 0 Å². The maximum absolute atomic E-state index is 7.00. The molecule has 3 aromatic heterocycles. The van der Waals surface area contributed by atoms with E-state index in [0.29, 0.717) is 11.5 Å². The third-order valence-electron chi connectivity index (χ3n) is 15.6. The quantitative estimate of drug-likeness (QED) is 0.130. The molecule has 6 heteroatoms. The summed E-state index contributed by atoms with van der Waals surface area (Å²) in [5.41, 5.74) is 20.6. The molecule has 12 rings (SSSR count). The average Bonchev–Trinajstić information content (AvgIpc) is 3.95. The number of hydrogen-bond donors (Lipinski definition) is 0. The SMILES string of the molecule is Cc1cc(-n2c3[c-]c(Oc4[c-]c5c(cc4)C4(c6c(cc(C(C)(C)C)cc6C(C)(C)C)-c6cc(C(C)(C)C)cc(C(C)(C)C)c64)c4cccc6c4n-5[c-][n+]6C)ccc3c3ccccc32)ncc1-c1ccccc1.[Pt]. The van der Waals surface area contributed by atoms with Gasteiger partial charge in [0.25, 0.3) is 0 Å². The fourth-order valence-electron chi connectivity index (χ4n) is 12.0. The minimum absolute atomic E-state index is 0. The summed E-state index contributed by atoms with van der Waals surface area (Å²) in [6, 6.07) is 54.5. The van der Waals surface area contributed by atoms with E-state index in [2.05, 4.69) is 244 Å². The molecule has 1 aliphatic heterocycles. The van der Waals surface area contributed by atoms with Crippen LogP contribution in [-0.2, 0) is 55.2 Å². The summed E-state index contributed by atoms with van der Waals surface area (Å²) in [4.78, 5) is 5.09. The topological polar surface area (TPSA) is 35.9 Å². The van der Waals surface area contributed by atoms with Gasteiger partial charge in [0.05, 0.1) is 18.1 Å². The van der Waals surface area contributed by atoms with Gasteiger partial charge in [-0.15, -0.1) is 35.2 Å². The van der Waals surface area contributed by atoms with Crippen LogP contribution in [0, 0.1) is 25.4 Å². The largest absolute Gasteiger partial charge is 0.510 e. The van der Waals surface area contributed by atoms with Crippen molar-refractivity contribution in [1.29, 1.82) is 0 Å². The minimum atomic E-state index is -0.699. The van der Waals surface area contributed by atoms with E-state index in [1.807, 2.05) is 18.3 Å². The number of rotatable bonds is 4. The summed E-state index contributed by atoms with van der Waals surface area (Å²) in [6.07, 6.45) is 5.75. The van der Waals surface area contributed by atoms with Gasteiger partial charge < -0.3 is 18.4 Å². The summed E-state index contributed by atoms with van der Waals surface area (Å²) in [5, 5.41) is 2.22. The number of imidazole rings is 1. The molecule has 0 N–H and O–H groups in total. The molecule has 5 nitrogen and oxygen atoms in total. The van der Waals surface area contributed by atoms with Crippen molar-refractivity contribution in [3.05, 3.63) is 202 Å². The Balaban J connectivity index is 0.00000574. The van der Waals surface area contributed by atoms with Crippen molar-refractivity contribution in [2.75, 3.05) is 0 Å². The Morgan fingerprint density at radius 3 is 1.79 bits per heavy atom. The van der Waals surface area contributed by atoms with E-state index in [-0.39, 0.29) is 42.7 Å². The normalized spacial score (nSPS) is 13.9. The van der Waals surface area contributed by atoms with E-state index in [1.54, 1.807) is 0 Å². The second-order valence-electron chi connectivity index (χ2n) is 24.7. The van der Waals surface area contributed by atoms with Crippen LogP contribution < -0.4 is 9.30 Å². The Labute approximate surface area is 446 Å². The monoisotopic (exact) mass is 1140 g/mol. The van der Waals surface area contributed by atoms with Crippen molar-refractivity contribution in [1.82, 2.24) is 14.1 Å². The number of aryl methyl sites for hydroxylation is 2. The number of aromatic nitrogens is 4. The third kappa shape index (κ3) is 7.34. The number of ether oxygens (including phenoxy) is 1. The summed E-state index contributed by atoms with van der Waals surface area (Å²) < 4.78 is 13.6. The molecule has 4 heterocycles. The molecule has 0 atom stereocenters. The molecule has 0 saturated carbocycles. The second kappa shape index (κ2) is 16.5. The van der Waals surface area contributed by atoms with Gasteiger partial charge in [0.1, 0.15) is 5.82 Å². The number of pyridine rings is 1. The van der Waals surface area contributed by atoms with Gasteiger partial charge in [-0.3, -0.25) is 0 Å². The minimum Gasteiger partial charge on any atom is -0.510 e. The van der Waals surface area contributed by atoms with E-state index in [0.717, 1.165) is 61.0 Å². The molecule has 1 aliphatic carbocycles. The van der Waals surface area contributed by atoms with E-state index < -0.39 is 5.41 Å². The predicted octanol–water partition coefficient (Wildman–Crippen LogP) is 16.0. The van der Waals surface area contributed by atoms with Gasteiger partial charge in [-0.05, 0) is 107 Å². The fraction of sp³-hybridized carbons (Fsp3) is 0.284. The zero-order valence-electron chi connectivity index (χ0n) is 44.7. The van der Waals surface area contributed by atoms with Crippen LogP contribution >= 0.6 is 0 Å². The molecule has 370 valence electrons. The first-order valence-corrected chi connectivity index (χ1v) is 25.6. The maximum Gasteiger partial charge on any atom is 0.242 e. The van der Waals surface area contributed by atoms with E-state index >= 15 is 0 Å². The average molecular weight is 1140 g/mol. The predicted molar refractivity (Wildman–Crippen MR) is 295 cm³/mol. The molecule has 0 bridgehead atoms. The van der Waals surface area contributed by atoms with Crippen molar-refractivity contribution in [3.8, 4) is 45.3 Å². The summed E-state index contributed by atoms with van der Waals surface area (Å²) >= 11 is 0. The molecular formula is C67H64N4OPt-2. The molecular weight excluding hydrogens is 1070 g/mol. The van der Waals surface area contributed by atoms with E-state index in [9.17, 15) is 0 Å². The van der Waals surface area contributed by atoms with Gasteiger partial charge in [0.15, 0.2) is 0 Å². The van der Waals surface area contributed by atoms with Gasteiger partial charge in [-0.1, -0.05) is 185 Å². The van der Waals surface area contributed by atoms with Gasteiger partial charge in [0, 0.05) is 55.3 Å². The van der Waals surface area contributed by atoms with Crippen LogP contribution in [0.2, 0.25) is 0 Å². The van der Waals surface area contributed by atoms with Gasteiger partial charge in [-0.2, -0.15) is 12.1 Å². The third-order valence-corrected chi connectivity index (χ3v) is 15.6. The van der Waals surface area contributed by atoms with Crippen LogP contribution in [-0.4, -0.2) is 14.1 Å². The van der Waals surface area contributed by atoms with Gasteiger partial charge in [-0.25, -0.2) is 4.98 Å². The summed E-state index contributed by atoms with van der Waals surface area (Å²) in [7, 11) is 2.11. The van der Waals surface area contributed by atoms with Crippen LogP contribution in [0.3, 0.4) is 0 Å². The maximum atomic E-state index is 7.00. The molecule has 7 aromatic carbocycles. The Kier molecular flexibility index (Phi) is 11.0. The first kappa shape index (κ1) is 48.7. The molecule has 0 amide bonds. The molecule has 0 saturated heterocycles. The Hall–Kier alpha value is -6.55. The van der Waals surface area contributed by atoms with Gasteiger partial charge >= 0.3 is 0 Å². The number of para-hydroxylation sites is 2. The van der Waals surface area contributed by atoms with Crippen molar-refractivity contribution < 1.29 is 30.4 Å².